The first-order chi connectivity index (χ1) is 11.3. The zero-order valence-electron chi connectivity index (χ0n) is 16.5. The molecular formula is C17H33N2O6+. The Hall–Kier alpha value is -1.80. The van der Waals surface area contributed by atoms with Crippen molar-refractivity contribution in [1.82, 2.24) is 0 Å². The minimum atomic E-state index is -0.454. The van der Waals surface area contributed by atoms with Crippen molar-refractivity contribution in [2.75, 3.05) is 34.2 Å². The number of likely N-dealkylation sites (N-methyl/N-ethyl adjacent to an activating group) is 1. The molecule has 0 aliphatic rings. The van der Waals surface area contributed by atoms with Crippen LogP contribution in [0.15, 0.2) is 0 Å². The van der Waals surface area contributed by atoms with Crippen LogP contribution in [-0.2, 0) is 28.7 Å². The maximum absolute atomic E-state index is 10.9. The van der Waals surface area contributed by atoms with Crippen molar-refractivity contribution >= 4 is 23.5 Å². The monoisotopic (exact) mass is 361 g/mol. The molecule has 0 radical (unpaired) electrons. The van der Waals surface area contributed by atoms with Gasteiger partial charge in [-0.2, -0.15) is 0 Å². The average molecular weight is 361 g/mol. The molecule has 8 heteroatoms. The maximum atomic E-state index is 10.9. The van der Waals surface area contributed by atoms with Crippen molar-refractivity contribution in [1.29, 1.82) is 0 Å². The van der Waals surface area contributed by atoms with Gasteiger partial charge in [0.05, 0.1) is 21.1 Å². The van der Waals surface area contributed by atoms with Crippen molar-refractivity contribution in [3.8, 4) is 0 Å². The van der Waals surface area contributed by atoms with Gasteiger partial charge in [-0.1, -0.05) is 0 Å². The molecule has 25 heavy (non-hydrogen) atoms. The minimum absolute atomic E-state index is 0.0262. The Morgan fingerprint density at radius 3 is 1.44 bits per heavy atom. The van der Waals surface area contributed by atoms with Crippen LogP contribution in [0.4, 0.5) is 0 Å². The van der Waals surface area contributed by atoms with Crippen molar-refractivity contribution in [2.45, 2.75) is 52.7 Å². The average Bonchev–Trinajstić information content (AvgIpc) is 2.33. The van der Waals surface area contributed by atoms with E-state index >= 15 is 0 Å². The van der Waals surface area contributed by atoms with Crippen LogP contribution in [0.25, 0.3) is 0 Å². The smallest absolute Gasteiger partial charge is 0.303 e. The Morgan fingerprint density at radius 2 is 1.16 bits per heavy atom. The van der Waals surface area contributed by atoms with Crippen LogP contribution >= 0.6 is 0 Å². The van der Waals surface area contributed by atoms with Gasteiger partial charge in [-0.05, 0) is 13.8 Å². The summed E-state index contributed by atoms with van der Waals surface area (Å²) in [6, 6.07) is 0. The van der Waals surface area contributed by atoms with Crippen LogP contribution in [0.5, 0.6) is 0 Å². The van der Waals surface area contributed by atoms with Gasteiger partial charge in [0.2, 0.25) is 0 Å². The van der Waals surface area contributed by atoms with Gasteiger partial charge in [0.1, 0.15) is 24.2 Å². The SMILES string of the molecule is CC(=O)CC(CN)OC(C)=O.CC(=O)CC(C[N+](C)(C)C)OC(C)=O. The number of hydrogen-bond acceptors (Lipinski definition) is 7. The van der Waals surface area contributed by atoms with Crippen molar-refractivity contribution in [2.24, 2.45) is 5.73 Å². The fourth-order valence-corrected chi connectivity index (χ4v) is 2.04. The summed E-state index contributed by atoms with van der Waals surface area (Å²) >= 11 is 0. The van der Waals surface area contributed by atoms with E-state index in [4.69, 9.17) is 15.2 Å². The molecule has 0 aromatic heterocycles. The second kappa shape index (κ2) is 12.5. The minimum Gasteiger partial charge on any atom is -0.461 e. The molecule has 0 aromatic rings. The van der Waals surface area contributed by atoms with Gasteiger partial charge in [0.25, 0.3) is 0 Å². The van der Waals surface area contributed by atoms with E-state index in [1.807, 2.05) is 21.1 Å². The quantitative estimate of drug-likeness (QED) is 0.469. The molecule has 0 amide bonds. The lowest BCUT2D eigenvalue weighted by atomic mass is 10.2. The third-order valence-electron chi connectivity index (χ3n) is 2.71. The van der Waals surface area contributed by atoms with Gasteiger partial charge >= 0.3 is 11.9 Å². The fourth-order valence-electron chi connectivity index (χ4n) is 2.04. The molecule has 0 aliphatic heterocycles. The number of carbonyl (C=O) groups is 4. The third-order valence-corrected chi connectivity index (χ3v) is 2.71. The van der Waals surface area contributed by atoms with E-state index in [1.54, 1.807) is 0 Å². The number of quaternary nitrogens is 1. The molecule has 2 N–H and O–H groups in total. The Balaban J connectivity index is 0. The molecule has 0 rings (SSSR count). The van der Waals surface area contributed by atoms with E-state index in [9.17, 15) is 19.2 Å². The van der Waals surface area contributed by atoms with Crippen LogP contribution in [0.3, 0.4) is 0 Å². The fraction of sp³-hybridized carbons (Fsp3) is 0.765. The summed E-state index contributed by atoms with van der Waals surface area (Å²) in [5, 5.41) is 0. The van der Waals surface area contributed by atoms with Crippen molar-refractivity contribution < 1.29 is 33.1 Å². The van der Waals surface area contributed by atoms with E-state index in [0.29, 0.717) is 17.4 Å². The summed E-state index contributed by atoms with van der Waals surface area (Å²) in [6.07, 6.45) is -0.249. The molecule has 0 bridgehead atoms. The normalized spacial score (nSPS) is 13.0. The number of ether oxygens (including phenoxy) is 2. The molecule has 8 nitrogen and oxygen atoms in total. The van der Waals surface area contributed by atoms with Gasteiger partial charge in [0.15, 0.2) is 6.10 Å². The summed E-state index contributed by atoms with van der Waals surface area (Å²) in [4.78, 5) is 42.7. The van der Waals surface area contributed by atoms with Gasteiger partial charge in [-0.3, -0.25) is 19.2 Å². The van der Waals surface area contributed by atoms with Gasteiger partial charge in [0, 0.05) is 33.2 Å². The number of ketones is 2. The number of carbonyl (C=O) groups excluding carboxylic acids is 4. The summed E-state index contributed by atoms with van der Waals surface area (Å²) < 4.78 is 10.5. The lowest BCUT2D eigenvalue weighted by molar-refractivity contribution is -0.873. The number of nitrogens with two attached hydrogens (primary N) is 1. The van der Waals surface area contributed by atoms with Crippen molar-refractivity contribution in [3.63, 3.8) is 0 Å². The first kappa shape index (κ1) is 25.4. The topological polar surface area (TPSA) is 113 Å². The van der Waals surface area contributed by atoms with E-state index in [1.165, 1.54) is 27.7 Å². The molecule has 0 aliphatic carbocycles. The lowest BCUT2D eigenvalue weighted by Gasteiger charge is -2.28. The summed E-state index contributed by atoms with van der Waals surface area (Å²) in [5.74, 6) is -0.710. The highest BCUT2D eigenvalue weighted by Crippen LogP contribution is 2.05. The maximum Gasteiger partial charge on any atom is 0.303 e. The van der Waals surface area contributed by atoms with Crippen LogP contribution < -0.4 is 5.73 Å². The zero-order chi connectivity index (χ0) is 20.2. The summed E-state index contributed by atoms with van der Waals surface area (Å²) in [7, 11) is 5.99. The predicted octanol–water partition coefficient (Wildman–Crippen LogP) is 0.459. The largest absolute Gasteiger partial charge is 0.461 e. The molecule has 2 atom stereocenters. The molecule has 0 spiro atoms. The molecule has 2 unspecified atom stereocenters. The number of esters is 2. The highest BCUT2D eigenvalue weighted by atomic mass is 16.5. The van der Waals surface area contributed by atoms with Gasteiger partial charge in [-0.25, -0.2) is 0 Å². The second-order valence-corrected chi connectivity index (χ2v) is 6.98. The molecule has 146 valence electrons. The van der Waals surface area contributed by atoms with Gasteiger partial charge < -0.3 is 19.7 Å². The molecule has 0 heterocycles. The molecule has 0 saturated heterocycles. The van der Waals surface area contributed by atoms with Crippen LogP contribution in [0.2, 0.25) is 0 Å². The Bertz CT molecular complexity index is 425. The standard InChI is InChI=1S/C10H20NO3.C7H13NO3/c1-8(12)6-10(14-9(2)13)7-11(3,4)5;1-5(9)3-7(4-8)11-6(2)10/h10H,6-7H2,1-5H3;7H,3-4,8H2,1-2H3/q+1;. The Morgan fingerprint density at radius 1 is 0.800 bits per heavy atom. The van der Waals surface area contributed by atoms with Crippen molar-refractivity contribution in [3.05, 3.63) is 0 Å². The second-order valence-electron chi connectivity index (χ2n) is 6.98. The van der Waals surface area contributed by atoms with Crippen LogP contribution in [-0.4, -0.2) is 74.4 Å². The molecule has 0 saturated carbocycles. The van der Waals surface area contributed by atoms with E-state index < -0.39 is 12.1 Å². The molecule has 0 fully saturated rings. The molecular weight excluding hydrogens is 328 g/mol. The van der Waals surface area contributed by atoms with Crippen LogP contribution in [0.1, 0.15) is 40.5 Å². The third kappa shape index (κ3) is 20.2. The number of rotatable bonds is 9. The van der Waals surface area contributed by atoms with Gasteiger partial charge in [-0.15, -0.1) is 0 Å². The predicted molar refractivity (Wildman–Crippen MR) is 93.7 cm³/mol. The Labute approximate surface area is 150 Å². The van der Waals surface area contributed by atoms with E-state index in [0.717, 1.165) is 0 Å². The number of nitrogens with zero attached hydrogens (tertiary/aromatic N) is 1. The van der Waals surface area contributed by atoms with Crippen LogP contribution in [0, 0.1) is 0 Å². The number of Topliss-reactive ketones (excluding diaryl/α,β-unsaturated/α-hetero) is 2. The van der Waals surface area contributed by atoms with E-state index in [-0.39, 0.29) is 36.6 Å². The lowest BCUT2D eigenvalue weighted by Crippen LogP contribution is -2.43. The summed E-state index contributed by atoms with van der Waals surface area (Å²) in [6.45, 7) is 6.45. The first-order valence-electron chi connectivity index (χ1n) is 8.10. The number of hydrogen-bond donors (Lipinski definition) is 1. The molecule has 0 aromatic carbocycles. The highest BCUT2D eigenvalue weighted by Gasteiger charge is 2.22. The first-order valence-corrected chi connectivity index (χ1v) is 8.10. The highest BCUT2D eigenvalue weighted by molar-refractivity contribution is 5.77. The summed E-state index contributed by atoms with van der Waals surface area (Å²) in [5.41, 5.74) is 5.24. The zero-order valence-corrected chi connectivity index (χ0v) is 16.5. The Kier molecular flexibility index (Phi) is 12.8. The van der Waals surface area contributed by atoms with E-state index in [2.05, 4.69) is 0 Å².